The summed E-state index contributed by atoms with van der Waals surface area (Å²) in [4.78, 5) is 17.6. The van der Waals surface area contributed by atoms with E-state index in [2.05, 4.69) is 48.5 Å². The fourth-order valence-corrected chi connectivity index (χ4v) is 3.19. The third-order valence-electron chi connectivity index (χ3n) is 4.27. The van der Waals surface area contributed by atoms with E-state index in [4.69, 9.17) is 9.59 Å². The number of carbonyl (C=O) groups is 2. The molecule has 0 saturated carbocycles. The van der Waals surface area contributed by atoms with Crippen LogP contribution in [0.5, 0.6) is 0 Å². The molecule has 2 heteroatoms. The summed E-state index contributed by atoms with van der Waals surface area (Å²) >= 11 is 0. The van der Waals surface area contributed by atoms with E-state index in [1.165, 1.54) is 58.8 Å². The zero-order valence-corrected chi connectivity index (χ0v) is 23.5. The van der Waals surface area contributed by atoms with E-state index >= 15 is 0 Å². The van der Waals surface area contributed by atoms with Gasteiger partial charge in [0.1, 0.15) is 12.6 Å². The van der Waals surface area contributed by atoms with Crippen molar-refractivity contribution >= 4 is 12.6 Å². The number of fused-ring (bicyclic) bond motifs is 2. The zero-order valence-electron chi connectivity index (χ0n) is 23.5. The lowest BCUT2D eigenvalue weighted by Gasteiger charge is -2.13. The molecule has 0 aliphatic heterocycles. The maximum absolute atomic E-state index is 8.81. The molecule has 0 atom stereocenters. The minimum absolute atomic E-state index is 0.750. The quantitative estimate of drug-likeness (QED) is 0.369. The molecule has 2 nitrogen and oxygen atoms in total. The van der Waals surface area contributed by atoms with E-state index in [0.29, 0.717) is 0 Å². The first-order valence-corrected chi connectivity index (χ1v) is 13.2. The van der Waals surface area contributed by atoms with Crippen LogP contribution in [0.3, 0.4) is 0 Å². The van der Waals surface area contributed by atoms with E-state index in [1.54, 1.807) is 22.3 Å². The van der Waals surface area contributed by atoms with Crippen molar-refractivity contribution in [3.8, 4) is 0 Å². The average Bonchev–Trinajstić information content (AvgIpc) is 3.39. The van der Waals surface area contributed by atoms with Gasteiger partial charge >= 0.3 is 0 Å². The molecule has 33 heavy (non-hydrogen) atoms. The van der Waals surface area contributed by atoms with Gasteiger partial charge in [-0.1, -0.05) is 104 Å². The summed E-state index contributed by atoms with van der Waals surface area (Å²) in [6.45, 7) is 18.9. The van der Waals surface area contributed by atoms with Crippen molar-refractivity contribution in [2.45, 2.75) is 114 Å². The number of hydrogen-bond donors (Lipinski definition) is 0. The molecule has 0 unspecified atom stereocenters. The second-order valence-electron chi connectivity index (χ2n) is 6.07. The molecule has 0 aromatic heterocycles. The van der Waals surface area contributed by atoms with Crippen LogP contribution in [0.15, 0.2) is 48.5 Å². The zero-order chi connectivity index (χ0) is 26.3. The Morgan fingerprint density at radius 2 is 0.636 bits per heavy atom. The van der Waals surface area contributed by atoms with E-state index in [0.717, 1.165) is 12.6 Å². The summed E-state index contributed by atoms with van der Waals surface area (Å²) in [5.74, 6) is 0. The molecule has 0 amide bonds. The molecule has 0 N–H and O–H groups in total. The molecule has 2 aliphatic rings. The molecule has 0 fully saturated rings. The van der Waals surface area contributed by atoms with Gasteiger partial charge in [0, 0.05) is 0 Å². The second-order valence-corrected chi connectivity index (χ2v) is 6.07. The Morgan fingerprint density at radius 3 is 0.848 bits per heavy atom. The monoisotopic (exact) mass is 458 g/mol. The Balaban J connectivity index is -0.000000168. The largest absolute Gasteiger partial charge is 0.304 e. The van der Waals surface area contributed by atoms with Gasteiger partial charge in [-0.3, -0.25) is 0 Å². The van der Waals surface area contributed by atoms with Crippen LogP contribution in [0.1, 0.15) is 111 Å². The van der Waals surface area contributed by atoms with Crippen molar-refractivity contribution in [3.05, 3.63) is 70.8 Å². The third kappa shape index (κ3) is 21.4. The van der Waals surface area contributed by atoms with Gasteiger partial charge in [0.2, 0.25) is 0 Å². The lowest BCUT2D eigenvalue weighted by Crippen LogP contribution is -2.00. The standard InChI is InChI=1S/C10H12.C9H10.2C2H4O.4C2H6/c1-2-6-10-8-4-3-7-9(10)5-1;1-2-5-9-7-3-6-8(9)4-1;2*1-2-3;4*1-2/h1-2,5-6H,3-4,7-8H2;1-2,4-5H,3,6-7H2;2*2H,1H3;4*1-2H3. The van der Waals surface area contributed by atoms with Crippen LogP contribution in [0, 0.1) is 0 Å². The van der Waals surface area contributed by atoms with E-state index < -0.39 is 0 Å². The van der Waals surface area contributed by atoms with Crippen LogP contribution in [-0.2, 0) is 35.3 Å². The Kier molecular flexibility index (Phi) is 39.7. The Hall–Kier alpha value is -2.22. The molecular weight excluding hydrogens is 404 g/mol. The van der Waals surface area contributed by atoms with Gasteiger partial charge in [-0.25, -0.2) is 0 Å². The molecule has 0 bridgehead atoms. The molecule has 2 aromatic rings. The normalized spacial score (nSPS) is 10.7. The average molecular weight is 459 g/mol. The highest BCUT2D eigenvalue weighted by Gasteiger charge is 2.07. The maximum atomic E-state index is 8.81. The molecule has 0 saturated heterocycles. The first-order valence-electron chi connectivity index (χ1n) is 13.2. The van der Waals surface area contributed by atoms with Crippen molar-refractivity contribution in [2.75, 3.05) is 0 Å². The van der Waals surface area contributed by atoms with Crippen molar-refractivity contribution in [3.63, 3.8) is 0 Å². The number of carbonyl (C=O) groups excluding carboxylic acids is 2. The van der Waals surface area contributed by atoms with Gasteiger partial charge in [0.15, 0.2) is 0 Å². The molecule has 0 spiro atoms. The summed E-state index contributed by atoms with van der Waals surface area (Å²) < 4.78 is 0. The fraction of sp³-hybridized carbons (Fsp3) is 0.548. The second kappa shape index (κ2) is 34.4. The first kappa shape index (κ1) is 38.1. The SMILES string of the molecule is CC.CC.CC.CC.CC=O.CC=O.c1ccc2c(c1)CCC2.c1ccc2c(c1)CCCC2. The van der Waals surface area contributed by atoms with Crippen molar-refractivity contribution < 1.29 is 9.59 Å². The minimum Gasteiger partial charge on any atom is -0.304 e. The highest BCUT2D eigenvalue weighted by Crippen LogP contribution is 2.20. The van der Waals surface area contributed by atoms with Crippen LogP contribution in [0.2, 0.25) is 0 Å². The highest BCUT2D eigenvalue weighted by molar-refractivity contribution is 5.44. The number of rotatable bonds is 0. The highest BCUT2D eigenvalue weighted by atomic mass is 16.1. The fourth-order valence-electron chi connectivity index (χ4n) is 3.19. The Labute approximate surface area is 207 Å². The number of aldehydes is 2. The topological polar surface area (TPSA) is 34.1 Å². The predicted octanol–water partition coefficient (Wildman–Crippen LogP) is 9.26. The van der Waals surface area contributed by atoms with Crippen LogP contribution in [0.4, 0.5) is 0 Å². The van der Waals surface area contributed by atoms with Crippen LogP contribution < -0.4 is 0 Å². The molecule has 0 heterocycles. The van der Waals surface area contributed by atoms with Crippen molar-refractivity contribution in [1.82, 2.24) is 0 Å². The predicted molar refractivity (Wildman–Crippen MR) is 150 cm³/mol. The van der Waals surface area contributed by atoms with Crippen LogP contribution in [0.25, 0.3) is 0 Å². The number of aryl methyl sites for hydroxylation is 4. The smallest absolute Gasteiger partial charge is 0.116 e. The molecule has 2 aliphatic carbocycles. The molecule has 190 valence electrons. The van der Waals surface area contributed by atoms with Crippen LogP contribution in [-0.4, -0.2) is 12.6 Å². The number of benzene rings is 2. The lowest BCUT2D eigenvalue weighted by atomic mass is 9.92. The van der Waals surface area contributed by atoms with Crippen molar-refractivity contribution in [1.29, 1.82) is 0 Å². The van der Waals surface area contributed by atoms with E-state index in [9.17, 15) is 0 Å². The Bertz CT molecular complexity index is 578. The van der Waals surface area contributed by atoms with Crippen LogP contribution >= 0.6 is 0 Å². The van der Waals surface area contributed by atoms with E-state index in [1.807, 2.05) is 55.4 Å². The number of hydrogen-bond acceptors (Lipinski definition) is 2. The summed E-state index contributed by atoms with van der Waals surface area (Å²) in [5, 5.41) is 0. The molecule has 4 rings (SSSR count). The molecule has 0 radical (unpaired) electrons. The van der Waals surface area contributed by atoms with Gasteiger partial charge in [-0.15, -0.1) is 0 Å². The maximum Gasteiger partial charge on any atom is 0.116 e. The van der Waals surface area contributed by atoms with Gasteiger partial charge in [0.05, 0.1) is 0 Å². The summed E-state index contributed by atoms with van der Waals surface area (Å²) in [7, 11) is 0. The van der Waals surface area contributed by atoms with Gasteiger partial charge in [-0.2, -0.15) is 0 Å². The third-order valence-corrected chi connectivity index (χ3v) is 4.27. The molecular formula is C31H54O2. The first-order chi connectivity index (χ1) is 16.3. The van der Waals surface area contributed by atoms with Gasteiger partial charge < -0.3 is 9.59 Å². The lowest BCUT2D eigenvalue weighted by molar-refractivity contribution is -0.106. The summed E-state index contributed by atoms with van der Waals surface area (Å²) in [6.07, 6.45) is 10.8. The minimum atomic E-state index is 0.750. The summed E-state index contributed by atoms with van der Waals surface area (Å²) in [6, 6.07) is 17.5. The Morgan fingerprint density at radius 1 is 0.455 bits per heavy atom. The van der Waals surface area contributed by atoms with E-state index in [-0.39, 0.29) is 0 Å². The molecule has 2 aromatic carbocycles. The van der Waals surface area contributed by atoms with Gasteiger partial charge in [-0.05, 0) is 81.0 Å². The summed E-state index contributed by atoms with van der Waals surface area (Å²) in [5.41, 5.74) is 6.29. The van der Waals surface area contributed by atoms with Gasteiger partial charge in [0.25, 0.3) is 0 Å². The van der Waals surface area contributed by atoms with Crippen molar-refractivity contribution in [2.24, 2.45) is 0 Å².